The molecule has 0 aliphatic carbocycles. The first-order chi connectivity index (χ1) is 12.0. The number of hydrogen-bond acceptors (Lipinski definition) is 3. The summed E-state index contributed by atoms with van der Waals surface area (Å²) in [6.45, 7) is 11.2. The highest BCUT2D eigenvalue weighted by atomic mass is 16.5. The molecule has 2 aromatic carbocycles. The van der Waals surface area contributed by atoms with Crippen LogP contribution in [0.4, 0.5) is 0 Å². The van der Waals surface area contributed by atoms with Crippen LogP contribution in [0.2, 0.25) is 0 Å². The van der Waals surface area contributed by atoms with Crippen molar-refractivity contribution in [3.8, 4) is 5.75 Å². The van der Waals surface area contributed by atoms with Crippen LogP contribution in [0.1, 0.15) is 35.6 Å². The lowest BCUT2D eigenvalue weighted by Crippen LogP contribution is -2.36. The minimum Gasteiger partial charge on any atom is -0.491 e. The second-order valence-corrected chi connectivity index (χ2v) is 6.90. The third-order valence-corrected chi connectivity index (χ3v) is 4.43. The van der Waals surface area contributed by atoms with Gasteiger partial charge in [0.2, 0.25) is 0 Å². The molecule has 0 fully saturated rings. The molecule has 0 aromatic heterocycles. The molecule has 25 heavy (non-hydrogen) atoms. The van der Waals surface area contributed by atoms with Crippen molar-refractivity contribution in [3.63, 3.8) is 0 Å². The second-order valence-electron chi connectivity index (χ2n) is 6.90. The predicted octanol–water partition coefficient (Wildman–Crippen LogP) is 4.26. The highest BCUT2D eigenvalue weighted by Crippen LogP contribution is 2.17. The van der Waals surface area contributed by atoms with Gasteiger partial charge in [0.15, 0.2) is 0 Å². The SMILES string of the molecule is CCCN(Cc1ccc(C)cc1C)CC(O)COc1ccccc1C. The van der Waals surface area contributed by atoms with Crippen LogP contribution in [0.25, 0.3) is 0 Å². The molecule has 2 rings (SSSR count). The molecule has 2 aromatic rings. The van der Waals surface area contributed by atoms with Crippen molar-refractivity contribution in [1.82, 2.24) is 4.90 Å². The monoisotopic (exact) mass is 341 g/mol. The van der Waals surface area contributed by atoms with E-state index in [-0.39, 0.29) is 0 Å². The first kappa shape index (κ1) is 19.5. The summed E-state index contributed by atoms with van der Waals surface area (Å²) >= 11 is 0. The molecule has 0 saturated heterocycles. The predicted molar refractivity (Wildman–Crippen MR) is 104 cm³/mol. The van der Waals surface area contributed by atoms with Crippen LogP contribution in [0.15, 0.2) is 42.5 Å². The zero-order valence-electron chi connectivity index (χ0n) is 16.0. The molecule has 1 atom stereocenters. The Bertz CT molecular complexity index is 669. The summed E-state index contributed by atoms with van der Waals surface area (Å²) in [5.74, 6) is 0.845. The maximum absolute atomic E-state index is 10.4. The summed E-state index contributed by atoms with van der Waals surface area (Å²) < 4.78 is 5.79. The maximum atomic E-state index is 10.4. The molecule has 0 aliphatic rings. The van der Waals surface area contributed by atoms with E-state index >= 15 is 0 Å². The Morgan fingerprint density at radius 1 is 1.04 bits per heavy atom. The van der Waals surface area contributed by atoms with Crippen LogP contribution in [-0.4, -0.2) is 35.8 Å². The van der Waals surface area contributed by atoms with Crippen molar-refractivity contribution >= 4 is 0 Å². The fourth-order valence-electron chi connectivity index (χ4n) is 3.07. The van der Waals surface area contributed by atoms with Crippen molar-refractivity contribution in [2.24, 2.45) is 0 Å². The summed E-state index contributed by atoms with van der Waals surface area (Å²) in [6, 6.07) is 14.5. The first-order valence-electron chi connectivity index (χ1n) is 9.14. The molecule has 0 saturated carbocycles. The summed E-state index contributed by atoms with van der Waals surface area (Å²) in [5, 5.41) is 10.4. The summed E-state index contributed by atoms with van der Waals surface area (Å²) in [6.07, 6.45) is 0.563. The smallest absolute Gasteiger partial charge is 0.122 e. The number of aliphatic hydroxyl groups is 1. The largest absolute Gasteiger partial charge is 0.491 e. The quantitative estimate of drug-likeness (QED) is 0.739. The summed E-state index contributed by atoms with van der Waals surface area (Å²) in [7, 11) is 0. The van der Waals surface area contributed by atoms with E-state index in [2.05, 4.69) is 43.9 Å². The number of para-hydroxylation sites is 1. The molecule has 1 N–H and O–H groups in total. The zero-order valence-corrected chi connectivity index (χ0v) is 16.0. The van der Waals surface area contributed by atoms with Gasteiger partial charge in [0, 0.05) is 13.1 Å². The van der Waals surface area contributed by atoms with Crippen LogP contribution in [0.3, 0.4) is 0 Å². The van der Waals surface area contributed by atoms with E-state index in [4.69, 9.17) is 4.74 Å². The first-order valence-corrected chi connectivity index (χ1v) is 9.14. The number of rotatable bonds is 9. The summed E-state index contributed by atoms with van der Waals surface area (Å²) in [5.41, 5.74) is 5.02. The average molecular weight is 341 g/mol. The van der Waals surface area contributed by atoms with Gasteiger partial charge >= 0.3 is 0 Å². The Morgan fingerprint density at radius 3 is 2.48 bits per heavy atom. The Labute approximate surface area is 152 Å². The zero-order chi connectivity index (χ0) is 18.2. The molecule has 0 aliphatic heterocycles. The van der Waals surface area contributed by atoms with Crippen molar-refractivity contribution in [2.75, 3.05) is 19.7 Å². The minimum absolute atomic E-state index is 0.317. The Balaban J connectivity index is 1.92. The maximum Gasteiger partial charge on any atom is 0.122 e. The van der Waals surface area contributed by atoms with Gasteiger partial charge in [-0.15, -0.1) is 0 Å². The van der Waals surface area contributed by atoms with Crippen molar-refractivity contribution in [3.05, 3.63) is 64.7 Å². The number of hydrogen-bond donors (Lipinski definition) is 1. The number of ether oxygens (including phenoxy) is 1. The highest BCUT2D eigenvalue weighted by Gasteiger charge is 2.14. The van der Waals surface area contributed by atoms with Gasteiger partial charge in [-0.05, 0) is 56.5 Å². The molecule has 0 bridgehead atoms. The van der Waals surface area contributed by atoms with E-state index in [1.807, 2.05) is 31.2 Å². The van der Waals surface area contributed by atoms with E-state index in [0.29, 0.717) is 13.2 Å². The van der Waals surface area contributed by atoms with Crippen molar-refractivity contribution < 1.29 is 9.84 Å². The Kier molecular flexibility index (Phi) is 7.48. The molecule has 0 heterocycles. The standard InChI is InChI=1S/C22H31NO2/c1-5-12-23(14-20-11-10-17(2)13-19(20)4)15-21(24)16-25-22-9-7-6-8-18(22)3/h6-11,13,21,24H,5,12,14-16H2,1-4H3. The van der Waals surface area contributed by atoms with Gasteiger partial charge in [-0.25, -0.2) is 0 Å². The van der Waals surface area contributed by atoms with Crippen LogP contribution < -0.4 is 4.74 Å². The second kappa shape index (κ2) is 9.59. The average Bonchev–Trinajstić information content (AvgIpc) is 2.57. The normalized spacial score (nSPS) is 12.4. The molecular formula is C22H31NO2. The van der Waals surface area contributed by atoms with Gasteiger partial charge in [0.05, 0.1) is 0 Å². The van der Waals surface area contributed by atoms with Gasteiger partial charge in [-0.2, -0.15) is 0 Å². The molecule has 0 radical (unpaired) electrons. The van der Waals surface area contributed by atoms with Gasteiger partial charge in [-0.1, -0.05) is 48.9 Å². The fraction of sp³-hybridized carbons (Fsp3) is 0.455. The number of benzene rings is 2. The lowest BCUT2D eigenvalue weighted by molar-refractivity contribution is 0.0653. The van der Waals surface area contributed by atoms with Gasteiger partial charge < -0.3 is 9.84 Å². The summed E-state index contributed by atoms with van der Waals surface area (Å²) in [4.78, 5) is 2.31. The topological polar surface area (TPSA) is 32.7 Å². The number of aryl methyl sites for hydroxylation is 3. The lowest BCUT2D eigenvalue weighted by Gasteiger charge is -2.25. The Hall–Kier alpha value is -1.84. The number of aliphatic hydroxyl groups excluding tert-OH is 1. The van der Waals surface area contributed by atoms with E-state index in [1.165, 1.54) is 16.7 Å². The van der Waals surface area contributed by atoms with E-state index in [9.17, 15) is 5.11 Å². The third-order valence-electron chi connectivity index (χ3n) is 4.43. The van der Waals surface area contributed by atoms with E-state index in [1.54, 1.807) is 0 Å². The fourth-order valence-corrected chi connectivity index (χ4v) is 3.07. The molecule has 136 valence electrons. The molecular weight excluding hydrogens is 310 g/mol. The van der Waals surface area contributed by atoms with Crippen LogP contribution in [0, 0.1) is 20.8 Å². The third kappa shape index (κ3) is 6.18. The molecule has 1 unspecified atom stereocenters. The van der Waals surface area contributed by atoms with Crippen LogP contribution in [0.5, 0.6) is 5.75 Å². The molecule has 3 heteroatoms. The van der Waals surface area contributed by atoms with Crippen LogP contribution >= 0.6 is 0 Å². The van der Waals surface area contributed by atoms with Crippen LogP contribution in [-0.2, 0) is 6.54 Å². The Morgan fingerprint density at radius 2 is 1.80 bits per heavy atom. The van der Waals surface area contributed by atoms with Gasteiger partial charge in [0.25, 0.3) is 0 Å². The lowest BCUT2D eigenvalue weighted by atomic mass is 10.1. The number of nitrogens with zero attached hydrogens (tertiary/aromatic N) is 1. The molecule has 3 nitrogen and oxygen atoms in total. The van der Waals surface area contributed by atoms with E-state index in [0.717, 1.165) is 30.8 Å². The van der Waals surface area contributed by atoms with Gasteiger partial charge in [-0.3, -0.25) is 4.90 Å². The van der Waals surface area contributed by atoms with Crippen molar-refractivity contribution in [2.45, 2.75) is 46.8 Å². The van der Waals surface area contributed by atoms with Crippen molar-refractivity contribution in [1.29, 1.82) is 0 Å². The molecule has 0 amide bonds. The highest BCUT2D eigenvalue weighted by molar-refractivity contribution is 5.32. The van der Waals surface area contributed by atoms with E-state index < -0.39 is 6.10 Å². The minimum atomic E-state index is -0.503. The van der Waals surface area contributed by atoms with Gasteiger partial charge in [0.1, 0.15) is 18.5 Å². The molecule has 0 spiro atoms.